The molecule has 1 aliphatic rings. The van der Waals surface area contributed by atoms with Crippen LogP contribution < -0.4 is 10.2 Å². The van der Waals surface area contributed by atoms with Gasteiger partial charge in [0.1, 0.15) is 5.76 Å². The molecular formula is C17H24N4O2S. The Labute approximate surface area is 146 Å². The molecule has 24 heavy (non-hydrogen) atoms. The number of carbonyl (C=O) groups is 1. The number of nitrogens with one attached hydrogen (secondary N) is 1. The van der Waals surface area contributed by atoms with E-state index in [0.717, 1.165) is 36.1 Å². The van der Waals surface area contributed by atoms with Crippen LogP contribution in [0.1, 0.15) is 37.3 Å². The van der Waals surface area contributed by atoms with Crippen LogP contribution in [0.2, 0.25) is 0 Å². The molecule has 0 aromatic carbocycles. The monoisotopic (exact) mass is 348 g/mol. The van der Waals surface area contributed by atoms with Crippen molar-refractivity contribution in [2.24, 2.45) is 0 Å². The van der Waals surface area contributed by atoms with Gasteiger partial charge in [-0.1, -0.05) is 0 Å². The molecule has 1 N–H and O–H groups in total. The first-order valence-electron chi connectivity index (χ1n) is 8.38. The highest BCUT2D eigenvalue weighted by Gasteiger charge is 2.19. The van der Waals surface area contributed by atoms with Crippen LogP contribution in [0.25, 0.3) is 0 Å². The van der Waals surface area contributed by atoms with Gasteiger partial charge in [0, 0.05) is 38.5 Å². The molecule has 1 fully saturated rings. The van der Waals surface area contributed by atoms with E-state index in [0.29, 0.717) is 6.54 Å². The highest BCUT2D eigenvalue weighted by atomic mass is 32.1. The molecule has 2 aromatic heterocycles. The second-order valence-corrected chi connectivity index (χ2v) is 6.94. The minimum Gasteiger partial charge on any atom is -0.467 e. The summed E-state index contributed by atoms with van der Waals surface area (Å²) < 4.78 is 5.36. The third-order valence-electron chi connectivity index (χ3n) is 4.43. The van der Waals surface area contributed by atoms with Crippen molar-refractivity contribution in [1.29, 1.82) is 0 Å². The maximum absolute atomic E-state index is 12.2. The van der Waals surface area contributed by atoms with Gasteiger partial charge in [0.25, 0.3) is 0 Å². The fraction of sp³-hybridized carbons (Fsp3) is 0.529. The third kappa shape index (κ3) is 3.90. The van der Waals surface area contributed by atoms with E-state index in [4.69, 9.17) is 4.42 Å². The van der Waals surface area contributed by atoms with Gasteiger partial charge in [-0.25, -0.2) is 9.78 Å². The van der Waals surface area contributed by atoms with E-state index in [9.17, 15) is 4.79 Å². The smallest absolute Gasteiger partial charge is 0.317 e. The molecule has 1 atom stereocenters. The van der Waals surface area contributed by atoms with E-state index in [1.165, 1.54) is 12.8 Å². The predicted octanol–water partition coefficient (Wildman–Crippen LogP) is 3.28. The van der Waals surface area contributed by atoms with Gasteiger partial charge in [-0.2, -0.15) is 0 Å². The number of carbonyl (C=O) groups excluding carboxylic acids is 1. The van der Waals surface area contributed by atoms with E-state index >= 15 is 0 Å². The molecule has 2 aromatic rings. The number of furan rings is 1. The molecule has 7 heteroatoms. The van der Waals surface area contributed by atoms with Crippen molar-refractivity contribution >= 4 is 22.5 Å². The number of urea groups is 1. The highest BCUT2D eigenvalue weighted by Crippen LogP contribution is 2.24. The van der Waals surface area contributed by atoms with Crippen molar-refractivity contribution in [1.82, 2.24) is 15.2 Å². The number of amides is 2. The number of aromatic nitrogens is 1. The van der Waals surface area contributed by atoms with Gasteiger partial charge >= 0.3 is 6.03 Å². The fourth-order valence-electron chi connectivity index (χ4n) is 2.78. The van der Waals surface area contributed by atoms with Crippen LogP contribution in [-0.2, 0) is 6.42 Å². The van der Waals surface area contributed by atoms with Gasteiger partial charge in [-0.15, -0.1) is 11.3 Å². The summed E-state index contributed by atoms with van der Waals surface area (Å²) in [5.74, 6) is 0.780. The van der Waals surface area contributed by atoms with Gasteiger partial charge in [0.15, 0.2) is 5.13 Å². The summed E-state index contributed by atoms with van der Waals surface area (Å²) >= 11 is 1.69. The number of thiazole rings is 1. The quantitative estimate of drug-likeness (QED) is 0.870. The first-order valence-corrected chi connectivity index (χ1v) is 9.26. The Bertz CT molecular complexity index is 649. The van der Waals surface area contributed by atoms with Crippen LogP contribution in [0.5, 0.6) is 0 Å². The molecule has 0 aliphatic carbocycles. The largest absolute Gasteiger partial charge is 0.467 e. The zero-order chi connectivity index (χ0) is 16.9. The lowest BCUT2D eigenvalue weighted by atomic mass is 10.2. The molecule has 3 heterocycles. The summed E-state index contributed by atoms with van der Waals surface area (Å²) in [4.78, 5) is 20.9. The Balaban J connectivity index is 1.44. The summed E-state index contributed by atoms with van der Waals surface area (Å²) in [6.45, 7) is 4.75. The number of hydrogen-bond donors (Lipinski definition) is 1. The lowest BCUT2D eigenvalue weighted by Gasteiger charge is -2.23. The fourth-order valence-corrected chi connectivity index (χ4v) is 3.70. The Morgan fingerprint density at radius 3 is 3.00 bits per heavy atom. The van der Waals surface area contributed by atoms with Gasteiger partial charge in [0.2, 0.25) is 0 Å². The van der Waals surface area contributed by atoms with Crippen molar-refractivity contribution < 1.29 is 9.21 Å². The van der Waals surface area contributed by atoms with Crippen molar-refractivity contribution in [2.75, 3.05) is 31.6 Å². The SMILES string of the molecule is CC(c1ccco1)N(C)C(=O)NCCc1csc(N2CCCC2)n1. The van der Waals surface area contributed by atoms with Crippen LogP contribution in [0, 0.1) is 0 Å². The van der Waals surface area contributed by atoms with E-state index in [1.807, 2.05) is 19.1 Å². The lowest BCUT2D eigenvalue weighted by Crippen LogP contribution is -2.39. The predicted molar refractivity (Wildman–Crippen MR) is 95.5 cm³/mol. The average Bonchev–Trinajstić information content (AvgIpc) is 3.34. The first kappa shape index (κ1) is 16.8. The highest BCUT2D eigenvalue weighted by molar-refractivity contribution is 7.13. The molecule has 130 valence electrons. The molecule has 0 spiro atoms. The summed E-state index contributed by atoms with van der Waals surface area (Å²) in [7, 11) is 1.77. The van der Waals surface area contributed by atoms with Crippen LogP contribution in [-0.4, -0.2) is 42.6 Å². The van der Waals surface area contributed by atoms with Crippen LogP contribution in [0.15, 0.2) is 28.2 Å². The van der Waals surface area contributed by atoms with Gasteiger partial charge in [-0.3, -0.25) is 0 Å². The van der Waals surface area contributed by atoms with E-state index < -0.39 is 0 Å². The third-order valence-corrected chi connectivity index (χ3v) is 5.38. The summed E-state index contributed by atoms with van der Waals surface area (Å²) in [6, 6.07) is 3.51. The standard InChI is InChI=1S/C17H24N4O2S/c1-13(15-6-5-11-23-15)20(2)16(22)18-8-7-14-12-24-17(19-14)21-9-3-4-10-21/h5-6,11-13H,3-4,7-10H2,1-2H3,(H,18,22). The zero-order valence-electron chi connectivity index (χ0n) is 14.2. The molecule has 0 bridgehead atoms. The Hall–Kier alpha value is -2.02. The van der Waals surface area contributed by atoms with Gasteiger partial charge in [-0.05, 0) is 31.9 Å². The van der Waals surface area contributed by atoms with E-state index in [2.05, 4.69) is 20.6 Å². The molecule has 0 saturated carbocycles. The second kappa shape index (κ2) is 7.70. The molecule has 1 saturated heterocycles. The van der Waals surface area contributed by atoms with Crippen LogP contribution >= 0.6 is 11.3 Å². The van der Waals surface area contributed by atoms with Gasteiger partial charge in [0.05, 0.1) is 18.0 Å². The van der Waals surface area contributed by atoms with Crippen LogP contribution in [0.3, 0.4) is 0 Å². The summed E-state index contributed by atoms with van der Waals surface area (Å²) in [6.07, 6.45) is 4.88. The Kier molecular flexibility index (Phi) is 5.40. The first-order chi connectivity index (χ1) is 11.6. The Morgan fingerprint density at radius 1 is 1.50 bits per heavy atom. The summed E-state index contributed by atoms with van der Waals surface area (Å²) in [5, 5.41) is 6.15. The number of hydrogen-bond acceptors (Lipinski definition) is 5. The van der Waals surface area contributed by atoms with Gasteiger partial charge < -0.3 is 19.5 Å². The van der Waals surface area contributed by atoms with Crippen molar-refractivity contribution in [3.8, 4) is 0 Å². The van der Waals surface area contributed by atoms with Crippen LogP contribution in [0.4, 0.5) is 9.93 Å². The zero-order valence-corrected chi connectivity index (χ0v) is 15.0. The molecule has 3 rings (SSSR count). The average molecular weight is 348 g/mol. The van der Waals surface area contributed by atoms with E-state index in [-0.39, 0.29) is 12.1 Å². The van der Waals surface area contributed by atoms with Crippen molar-refractivity contribution in [3.05, 3.63) is 35.2 Å². The molecule has 1 unspecified atom stereocenters. The molecular weight excluding hydrogens is 324 g/mol. The molecule has 6 nitrogen and oxygen atoms in total. The topological polar surface area (TPSA) is 61.6 Å². The lowest BCUT2D eigenvalue weighted by molar-refractivity contribution is 0.187. The normalized spacial score (nSPS) is 15.5. The van der Waals surface area contributed by atoms with E-state index in [1.54, 1.807) is 29.5 Å². The number of nitrogens with zero attached hydrogens (tertiary/aromatic N) is 3. The second-order valence-electron chi connectivity index (χ2n) is 6.10. The number of rotatable bonds is 6. The van der Waals surface area contributed by atoms with Crippen molar-refractivity contribution in [2.45, 2.75) is 32.2 Å². The minimum atomic E-state index is -0.103. The Morgan fingerprint density at radius 2 is 2.29 bits per heavy atom. The summed E-state index contributed by atoms with van der Waals surface area (Å²) in [5.41, 5.74) is 1.05. The maximum atomic E-state index is 12.2. The number of anilines is 1. The van der Waals surface area contributed by atoms with Crippen molar-refractivity contribution in [3.63, 3.8) is 0 Å². The minimum absolute atomic E-state index is 0.0963. The molecule has 1 aliphatic heterocycles. The molecule has 0 radical (unpaired) electrons. The maximum Gasteiger partial charge on any atom is 0.317 e. The molecule has 2 amide bonds.